The number of carboxylic acid groups (broad SMARTS) is 2. The average Bonchev–Trinajstić information content (AvgIpc) is 3.50. The monoisotopic (exact) mass is 683 g/mol. The van der Waals surface area contributed by atoms with Crippen LogP contribution in [0.3, 0.4) is 0 Å². The lowest BCUT2D eigenvalue weighted by atomic mass is 9.93. The predicted molar refractivity (Wildman–Crippen MR) is 175 cm³/mol. The maximum atomic E-state index is 13.5. The molecule has 1 heterocycles. The van der Waals surface area contributed by atoms with Crippen LogP contribution in [-0.4, -0.2) is 39.9 Å². The Hall–Kier alpha value is -6.13. The van der Waals surface area contributed by atoms with Crippen LogP contribution in [0.5, 0.6) is 0 Å². The van der Waals surface area contributed by atoms with Gasteiger partial charge < -0.3 is 48.6 Å². The molecule has 12 N–H and O–H groups in total. The Morgan fingerprint density at radius 3 is 2.10 bits per heavy atom. The number of aromatic carboxylic acids is 2. The van der Waals surface area contributed by atoms with Crippen molar-refractivity contribution >= 4 is 34.9 Å². The molecule has 0 radical (unpaired) electrons. The Bertz CT molecular complexity index is 1930. The zero-order valence-corrected chi connectivity index (χ0v) is 25.6. The summed E-state index contributed by atoms with van der Waals surface area (Å²) < 4.78 is 55.0. The maximum Gasteiger partial charge on any atom is 0.411 e. The molecule has 0 saturated carbocycles. The summed E-state index contributed by atoms with van der Waals surface area (Å²) in [5, 5.41) is 20.4. The van der Waals surface area contributed by atoms with E-state index in [1.54, 1.807) is 24.3 Å². The van der Waals surface area contributed by atoms with Crippen molar-refractivity contribution in [2.75, 3.05) is 16.8 Å². The fourth-order valence-electron chi connectivity index (χ4n) is 4.41. The Morgan fingerprint density at radius 1 is 0.898 bits per heavy atom. The number of aryl methyl sites for hydroxylation is 1. The quantitative estimate of drug-likeness (QED) is 0.0700. The molecule has 5 rings (SSSR count). The van der Waals surface area contributed by atoms with Gasteiger partial charge in [0.25, 0.3) is 5.91 Å². The Balaban J connectivity index is 0.000000204. The Labute approximate surface area is 276 Å². The van der Waals surface area contributed by atoms with Gasteiger partial charge in [-0.05, 0) is 66.6 Å². The summed E-state index contributed by atoms with van der Waals surface area (Å²) in [6.07, 6.45) is -1.52. The fraction of sp³-hybridized carbons (Fsp3) is 0.121. The molecule has 0 saturated heterocycles. The minimum Gasteiger partial charge on any atom is -0.699 e. The lowest BCUT2D eigenvalue weighted by Gasteiger charge is -2.30. The number of halogens is 4. The lowest BCUT2D eigenvalue weighted by molar-refractivity contribution is -0.0960. The van der Waals surface area contributed by atoms with Gasteiger partial charge in [0.2, 0.25) is 5.76 Å². The Morgan fingerprint density at radius 2 is 1.53 bits per heavy atom. The largest absolute Gasteiger partial charge is 0.699 e. The number of rotatable bonds is 5. The molecule has 3 aromatic carbocycles. The van der Waals surface area contributed by atoms with Crippen molar-refractivity contribution in [1.29, 1.82) is 0 Å². The first-order valence-corrected chi connectivity index (χ1v) is 14.0. The molecular weight excluding hydrogens is 652 g/mol. The zero-order valence-electron chi connectivity index (χ0n) is 25.6. The van der Waals surface area contributed by atoms with Crippen LogP contribution in [0.4, 0.5) is 34.6 Å². The minimum atomic E-state index is -4.52. The van der Waals surface area contributed by atoms with Crippen molar-refractivity contribution in [2.24, 2.45) is 11.5 Å². The second-order valence-corrected chi connectivity index (χ2v) is 10.6. The van der Waals surface area contributed by atoms with E-state index < -0.39 is 53.2 Å². The molecular formula is C33H31F4N6O6-. The van der Waals surface area contributed by atoms with Gasteiger partial charge in [0.05, 0.1) is 28.7 Å². The van der Waals surface area contributed by atoms with E-state index in [1.807, 2.05) is 6.92 Å². The number of carbonyl (C=O) groups excluding carboxylic acids is 1. The number of furan rings is 1. The number of hydrogen-bond acceptors (Lipinski definition) is 8. The molecule has 1 aromatic heterocycles. The molecule has 1 amide bonds. The van der Waals surface area contributed by atoms with Gasteiger partial charge in [-0.3, -0.25) is 4.79 Å². The van der Waals surface area contributed by atoms with Gasteiger partial charge in [-0.25, -0.2) is 14.0 Å². The molecule has 258 valence electrons. The van der Waals surface area contributed by atoms with Gasteiger partial charge in [0.1, 0.15) is 5.82 Å². The summed E-state index contributed by atoms with van der Waals surface area (Å²) in [5.41, 5.74) is 28.7. The molecule has 49 heavy (non-hydrogen) atoms. The van der Waals surface area contributed by atoms with E-state index in [-0.39, 0.29) is 28.3 Å². The van der Waals surface area contributed by atoms with Gasteiger partial charge in [0, 0.05) is 28.9 Å². The second-order valence-electron chi connectivity index (χ2n) is 10.6. The number of anilines is 3. The number of nitrogens with one attached hydrogen (secondary N) is 2. The SMILES string of the molecule is Cc1cc(N)ccc1-c1ccoc1C(=O)O.Nc1ccc(NC(=O)c2ccccc2F)c(C(=O)O)c1.[NH-]C1=C(C(F)(F)F)CC(N)(N)C=C1. The number of allylic oxidation sites excluding steroid dienone is 1. The summed E-state index contributed by atoms with van der Waals surface area (Å²) in [7, 11) is 0. The molecule has 0 spiro atoms. The minimum absolute atomic E-state index is 0.0483. The van der Waals surface area contributed by atoms with Crippen LogP contribution < -0.4 is 28.3 Å². The fourth-order valence-corrected chi connectivity index (χ4v) is 4.41. The number of hydrogen-bond donors (Lipinski definition) is 7. The van der Waals surface area contributed by atoms with E-state index >= 15 is 0 Å². The van der Waals surface area contributed by atoms with E-state index in [4.69, 9.17) is 43.3 Å². The third-order valence-electron chi connectivity index (χ3n) is 6.75. The van der Waals surface area contributed by atoms with Crippen molar-refractivity contribution in [1.82, 2.24) is 0 Å². The van der Waals surface area contributed by atoms with Crippen molar-refractivity contribution in [2.45, 2.75) is 25.2 Å². The lowest BCUT2D eigenvalue weighted by Crippen LogP contribution is -2.49. The van der Waals surface area contributed by atoms with Gasteiger partial charge in [-0.15, -0.1) is 5.70 Å². The van der Waals surface area contributed by atoms with E-state index in [2.05, 4.69) is 5.32 Å². The van der Waals surface area contributed by atoms with Crippen molar-refractivity contribution < 1.29 is 46.6 Å². The molecule has 0 unspecified atom stereocenters. The Kier molecular flexibility index (Phi) is 11.6. The van der Waals surface area contributed by atoms with Crippen molar-refractivity contribution in [3.63, 3.8) is 0 Å². The molecule has 0 atom stereocenters. The topological polar surface area (TPSA) is 245 Å². The van der Waals surface area contributed by atoms with Crippen LogP contribution in [0, 0.1) is 12.7 Å². The molecule has 4 aromatic rings. The van der Waals surface area contributed by atoms with Crippen molar-refractivity contribution in [3.8, 4) is 11.1 Å². The number of carbonyl (C=O) groups is 3. The van der Waals surface area contributed by atoms with Crippen LogP contribution >= 0.6 is 0 Å². The molecule has 16 heteroatoms. The van der Waals surface area contributed by atoms with E-state index in [1.165, 1.54) is 48.7 Å². The molecule has 1 aliphatic rings. The molecule has 1 aliphatic carbocycles. The van der Waals surface area contributed by atoms with E-state index in [9.17, 15) is 31.9 Å². The summed E-state index contributed by atoms with van der Waals surface area (Å²) in [5.74, 6) is -3.77. The average molecular weight is 684 g/mol. The molecule has 0 aliphatic heterocycles. The smallest absolute Gasteiger partial charge is 0.411 e. The highest BCUT2D eigenvalue weighted by Crippen LogP contribution is 2.36. The van der Waals surface area contributed by atoms with Crippen LogP contribution in [-0.2, 0) is 0 Å². The van der Waals surface area contributed by atoms with Gasteiger partial charge >= 0.3 is 18.1 Å². The first-order chi connectivity index (χ1) is 22.8. The molecule has 12 nitrogen and oxygen atoms in total. The number of benzene rings is 3. The number of nitrogen functional groups attached to an aromatic ring is 2. The summed E-state index contributed by atoms with van der Waals surface area (Å²) in [6.45, 7) is 1.88. The first kappa shape index (κ1) is 37.3. The van der Waals surface area contributed by atoms with E-state index in [0.717, 1.165) is 23.3 Å². The highest BCUT2D eigenvalue weighted by atomic mass is 19.4. The normalized spacial score (nSPS) is 13.4. The second kappa shape index (κ2) is 15.2. The third-order valence-corrected chi connectivity index (χ3v) is 6.75. The zero-order chi connectivity index (χ0) is 36.7. The standard InChI is InChI=1S/C14H11FN2O3.C12H11NO3.C7H9F3N3/c15-11-4-2-1-3-9(11)13(18)17-12-6-5-8(16)7-10(12)14(19)20;1-7-6-8(13)2-3-9(7)10-4-5-16-11(10)12(14)15;8-7(9,10)4-3-6(12,13)2-1-5(4)11/h1-7H,16H2,(H,17,18)(H,19,20);2-6H,13H2,1H3,(H,14,15);1-2,11H,3,12-13H2/q;;-1. The summed E-state index contributed by atoms with van der Waals surface area (Å²) in [4.78, 5) is 33.9. The van der Waals surface area contributed by atoms with Crippen LogP contribution in [0.15, 0.2) is 101 Å². The first-order valence-electron chi connectivity index (χ1n) is 14.0. The maximum absolute atomic E-state index is 13.5. The van der Waals surface area contributed by atoms with Crippen LogP contribution in [0.25, 0.3) is 16.9 Å². The number of amides is 1. The highest BCUT2D eigenvalue weighted by Gasteiger charge is 2.38. The van der Waals surface area contributed by atoms with Crippen LogP contribution in [0.1, 0.15) is 43.3 Å². The third kappa shape index (κ3) is 9.93. The molecule has 0 bridgehead atoms. The van der Waals surface area contributed by atoms with Gasteiger partial charge in [-0.1, -0.05) is 30.4 Å². The number of alkyl halides is 3. The molecule has 0 fully saturated rings. The van der Waals surface area contributed by atoms with Crippen LogP contribution in [0.2, 0.25) is 0 Å². The summed E-state index contributed by atoms with van der Waals surface area (Å²) >= 11 is 0. The van der Waals surface area contributed by atoms with Gasteiger partial charge in [0.15, 0.2) is 0 Å². The van der Waals surface area contributed by atoms with Gasteiger partial charge in [-0.2, -0.15) is 13.2 Å². The number of nitrogens with two attached hydrogens (primary N) is 4. The van der Waals surface area contributed by atoms with Crippen molar-refractivity contribution in [3.05, 3.63) is 130 Å². The highest BCUT2D eigenvalue weighted by molar-refractivity contribution is 6.08. The van der Waals surface area contributed by atoms with E-state index in [0.29, 0.717) is 11.3 Å². The summed E-state index contributed by atoms with van der Waals surface area (Å²) in [6, 6.07) is 16.4. The predicted octanol–water partition coefficient (Wildman–Crippen LogP) is 6.32. The number of carboxylic acids is 2.